The van der Waals surface area contributed by atoms with Crippen molar-refractivity contribution in [3.8, 4) is 0 Å². The predicted octanol–water partition coefficient (Wildman–Crippen LogP) is 2.15. The van der Waals surface area contributed by atoms with Crippen LogP contribution in [0.15, 0.2) is 48.0 Å². The van der Waals surface area contributed by atoms with Crippen LogP contribution in [0.2, 0.25) is 0 Å². The fourth-order valence-corrected chi connectivity index (χ4v) is 3.89. The maximum Gasteiger partial charge on any atom is 0.142 e. The SMILES string of the molecule is Cl/C=C/C[N+]12CN3CN(CN(C3)C1)C2.O=C/C=C\c1ccccc1. The van der Waals surface area contributed by atoms with Gasteiger partial charge >= 0.3 is 0 Å². The van der Waals surface area contributed by atoms with E-state index in [0.717, 1.165) is 42.9 Å². The fourth-order valence-electron chi connectivity index (χ4n) is 3.81. The van der Waals surface area contributed by atoms with Crippen molar-refractivity contribution in [3.05, 3.63) is 53.6 Å². The molecule has 4 fully saturated rings. The van der Waals surface area contributed by atoms with Crippen LogP contribution in [0.4, 0.5) is 0 Å². The van der Waals surface area contributed by atoms with Gasteiger partial charge in [-0.15, -0.1) is 0 Å². The number of carbonyl (C=O) groups excluding carboxylic acids is 1. The molecule has 0 unspecified atom stereocenters. The first kappa shape index (κ1) is 17.3. The summed E-state index contributed by atoms with van der Waals surface area (Å²) in [7, 11) is 0. The summed E-state index contributed by atoms with van der Waals surface area (Å²) in [5.74, 6) is 0. The molecule has 128 valence electrons. The zero-order valence-corrected chi connectivity index (χ0v) is 14.6. The van der Waals surface area contributed by atoms with Gasteiger partial charge in [-0.05, 0) is 17.7 Å². The molecule has 0 radical (unpaired) electrons. The van der Waals surface area contributed by atoms with E-state index in [4.69, 9.17) is 11.6 Å². The van der Waals surface area contributed by atoms with Crippen molar-refractivity contribution in [1.29, 1.82) is 0 Å². The Morgan fingerprint density at radius 1 is 1.00 bits per heavy atom. The summed E-state index contributed by atoms with van der Waals surface area (Å²) in [5, 5.41) is 0. The second-order valence-electron chi connectivity index (χ2n) is 6.65. The van der Waals surface area contributed by atoms with Gasteiger partial charge in [0.05, 0.1) is 20.0 Å². The summed E-state index contributed by atoms with van der Waals surface area (Å²) in [4.78, 5) is 17.4. The monoisotopic (exact) mass is 347 g/mol. The molecule has 4 heterocycles. The topological polar surface area (TPSA) is 26.8 Å². The summed E-state index contributed by atoms with van der Waals surface area (Å²) >= 11 is 5.61. The summed E-state index contributed by atoms with van der Waals surface area (Å²) in [6.07, 6.45) is 6.10. The maximum atomic E-state index is 9.89. The van der Waals surface area contributed by atoms with E-state index in [1.54, 1.807) is 11.6 Å². The van der Waals surface area contributed by atoms with Crippen LogP contribution in [0, 0.1) is 0 Å². The number of aldehydes is 1. The highest BCUT2D eigenvalue weighted by molar-refractivity contribution is 6.25. The summed E-state index contributed by atoms with van der Waals surface area (Å²) in [6, 6.07) is 9.70. The lowest BCUT2D eigenvalue weighted by Crippen LogP contribution is -2.79. The molecule has 6 heteroatoms. The molecule has 5 rings (SSSR count). The maximum absolute atomic E-state index is 9.89. The first-order valence-electron chi connectivity index (χ1n) is 8.17. The number of nitrogens with zero attached hydrogens (tertiary/aromatic N) is 4. The van der Waals surface area contributed by atoms with Crippen molar-refractivity contribution >= 4 is 24.0 Å². The van der Waals surface area contributed by atoms with Crippen LogP contribution in [-0.4, -0.2) is 72.0 Å². The van der Waals surface area contributed by atoms with Gasteiger partial charge in [0.1, 0.15) is 32.8 Å². The molecule has 4 bridgehead atoms. The Hall–Kier alpha value is -1.50. The van der Waals surface area contributed by atoms with Crippen molar-refractivity contribution in [2.75, 3.05) is 46.6 Å². The van der Waals surface area contributed by atoms with E-state index in [1.165, 1.54) is 26.1 Å². The normalized spacial score (nSPS) is 33.6. The second kappa shape index (κ2) is 8.05. The molecular formula is C18H24ClN4O+. The third-order valence-corrected chi connectivity index (χ3v) is 4.63. The largest absolute Gasteiger partial charge is 0.299 e. The number of halogens is 1. The molecule has 4 saturated heterocycles. The highest BCUT2D eigenvalue weighted by atomic mass is 35.5. The van der Waals surface area contributed by atoms with E-state index in [1.807, 2.05) is 30.3 Å². The van der Waals surface area contributed by atoms with Crippen molar-refractivity contribution in [3.63, 3.8) is 0 Å². The van der Waals surface area contributed by atoms with Crippen LogP contribution in [0.25, 0.3) is 6.08 Å². The van der Waals surface area contributed by atoms with Crippen LogP contribution in [0.3, 0.4) is 0 Å². The molecule has 4 aliphatic rings. The van der Waals surface area contributed by atoms with Crippen molar-refractivity contribution in [2.24, 2.45) is 0 Å². The zero-order chi connectivity index (χ0) is 16.8. The van der Waals surface area contributed by atoms with E-state index in [-0.39, 0.29) is 0 Å². The van der Waals surface area contributed by atoms with Crippen LogP contribution in [0.1, 0.15) is 5.56 Å². The van der Waals surface area contributed by atoms with Crippen LogP contribution >= 0.6 is 11.6 Å². The number of quaternary nitrogens is 1. The number of hydrogen-bond donors (Lipinski definition) is 0. The average Bonchev–Trinajstić information content (AvgIpc) is 2.59. The van der Waals surface area contributed by atoms with Crippen LogP contribution in [-0.2, 0) is 4.79 Å². The number of rotatable bonds is 4. The first-order chi connectivity index (χ1) is 11.7. The Bertz CT molecular complexity index is 567. The minimum atomic E-state index is 0.771. The Balaban J connectivity index is 0.000000150. The highest BCUT2D eigenvalue weighted by Gasteiger charge is 2.47. The predicted molar refractivity (Wildman–Crippen MR) is 96.4 cm³/mol. The lowest BCUT2D eigenvalue weighted by molar-refractivity contribution is -0.975. The molecule has 0 saturated carbocycles. The van der Waals surface area contributed by atoms with E-state index in [9.17, 15) is 4.79 Å². The van der Waals surface area contributed by atoms with E-state index < -0.39 is 0 Å². The van der Waals surface area contributed by atoms with Gasteiger partial charge in [-0.1, -0.05) is 48.0 Å². The molecule has 0 spiro atoms. The molecule has 0 aromatic heterocycles. The molecule has 1 aromatic rings. The third-order valence-electron chi connectivity index (χ3n) is 4.45. The molecule has 5 nitrogen and oxygen atoms in total. The fraction of sp³-hybridized carbons (Fsp3) is 0.389. The highest BCUT2D eigenvalue weighted by Crippen LogP contribution is 2.28. The molecule has 4 aliphatic heterocycles. The van der Waals surface area contributed by atoms with Gasteiger partial charge in [-0.25, -0.2) is 14.7 Å². The number of hydrogen-bond acceptors (Lipinski definition) is 4. The lowest BCUT2D eigenvalue weighted by atomic mass is 10.2. The van der Waals surface area contributed by atoms with Gasteiger partial charge in [0.2, 0.25) is 0 Å². The number of benzene rings is 1. The summed E-state index contributed by atoms with van der Waals surface area (Å²) < 4.78 is 1.14. The summed E-state index contributed by atoms with van der Waals surface area (Å²) in [5.41, 5.74) is 2.70. The molecule has 1 aromatic carbocycles. The molecule has 24 heavy (non-hydrogen) atoms. The van der Waals surface area contributed by atoms with Crippen molar-refractivity contribution < 1.29 is 9.28 Å². The Morgan fingerprint density at radius 2 is 1.58 bits per heavy atom. The zero-order valence-electron chi connectivity index (χ0n) is 13.8. The molecular weight excluding hydrogens is 324 g/mol. The quantitative estimate of drug-likeness (QED) is 0.474. The lowest BCUT2D eigenvalue weighted by Gasteiger charge is -2.60. The summed E-state index contributed by atoms with van der Waals surface area (Å²) in [6.45, 7) is 8.09. The van der Waals surface area contributed by atoms with Crippen molar-refractivity contribution in [1.82, 2.24) is 14.7 Å². The van der Waals surface area contributed by atoms with Gasteiger partial charge in [0.25, 0.3) is 0 Å². The van der Waals surface area contributed by atoms with Crippen LogP contribution in [0.5, 0.6) is 0 Å². The average molecular weight is 348 g/mol. The smallest absolute Gasteiger partial charge is 0.142 e. The number of carbonyl (C=O) groups is 1. The molecule has 0 amide bonds. The van der Waals surface area contributed by atoms with E-state index >= 15 is 0 Å². The Labute approximate surface area is 148 Å². The first-order valence-corrected chi connectivity index (χ1v) is 8.61. The van der Waals surface area contributed by atoms with Gasteiger partial charge in [0, 0.05) is 5.54 Å². The number of allylic oxidation sites excluding steroid dienone is 1. The van der Waals surface area contributed by atoms with Gasteiger partial charge < -0.3 is 0 Å². The molecule has 0 atom stereocenters. The van der Waals surface area contributed by atoms with Crippen LogP contribution < -0.4 is 0 Å². The van der Waals surface area contributed by atoms with Gasteiger partial charge in [-0.3, -0.25) is 9.28 Å². The van der Waals surface area contributed by atoms with Gasteiger partial charge in [0.15, 0.2) is 0 Å². The van der Waals surface area contributed by atoms with Crippen molar-refractivity contribution in [2.45, 2.75) is 0 Å². The third kappa shape index (κ3) is 4.32. The van der Waals surface area contributed by atoms with E-state index in [0.29, 0.717) is 0 Å². The molecule has 0 N–H and O–H groups in total. The minimum Gasteiger partial charge on any atom is -0.299 e. The Morgan fingerprint density at radius 3 is 2.08 bits per heavy atom. The Kier molecular flexibility index (Phi) is 5.81. The van der Waals surface area contributed by atoms with Gasteiger partial charge in [-0.2, -0.15) is 0 Å². The standard InChI is InChI=1S/C9H16ClN4.C9H8O/c10-2-1-3-14-7-11-4-12(8-14)6-13(5-11)9-14;10-8-4-7-9-5-2-1-3-6-9/h1-2H,3-9H2;1-8H/q+1;/b2-1+;7-4-. The second-order valence-corrected chi connectivity index (χ2v) is 6.90. The molecule has 0 aliphatic carbocycles. The minimum absolute atomic E-state index is 0.771. The van der Waals surface area contributed by atoms with E-state index in [2.05, 4.69) is 20.8 Å².